The molecule has 0 radical (unpaired) electrons. The molecule has 0 aliphatic heterocycles. The molecule has 92 valence electrons. The number of benzene rings is 1. The Morgan fingerprint density at radius 2 is 2.00 bits per heavy atom. The summed E-state index contributed by atoms with van der Waals surface area (Å²) in [5.41, 5.74) is 0.124. The number of aryl methyl sites for hydroxylation is 1. The Kier molecular flexibility index (Phi) is 3.82. The van der Waals surface area contributed by atoms with Gasteiger partial charge in [0.2, 0.25) is 5.78 Å². The number of ketones is 1. The number of alkyl halides is 3. The number of hydrogen-bond donors (Lipinski definition) is 0. The lowest BCUT2D eigenvalue weighted by atomic mass is 10.1. The summed E-state index contributed by atoms with van der Waals surface area (Å²) >= 11 is 0. The van der Waals surface area contributed by atoms with E-state index < -0.39 is 23.3 Å². The van der Waals surface area contributed by atoms with Crippen LogP contribution in [0, 0.1) is 10.1 Å². The molecule has 0 bridgehead atoms. The third-order valence-corrected chi connectivity index (χ3v) is 2.08. The Balaban J connectivity index is 2.67. The lowest BCUT2D eigenvalue weighted by Gasteiger charge is -2.04. The summed E-state index contributed by atoms with van der Waals surface area (Å²) in [6.07, 6.45) is -5.72. The van der Waals surface area contributed by atoms with Gasteiger partial charge in [0.1, 0.15) is 0 Å². The highest BCUT2D eigenvalue weighted by Gasteiger charge is 2.37. The van der Waals surface area contributed by atoms with Crippen LogP contribution in [-0.2, 0) is 11.2 Å². The van der Waals surface area contributed by atoms with E-state index >= 15 is 0 Å². The Hall–Kier alpha value is -1.92. The van der Waals surface area contributed by atoms with Crippen molar-refractivity contribution in [2.45, 2.75) is 19.0 Å². The van der Waals surface area contributed by atoms with E-state index in [1.807, 2.05) is 0 Å². The number of halogens is 3. The highest BCUT2D eigenvalue weighted by molar-refractivity contribution is 5.84. The van der Waals surface area contributed by atoms with Crippen LogP contribution >= 0.6 is 0 Å². The summed E-state index contributed by atoms with van der Waals surface area (Å²) in [4.78, 5) is 20.4. The summed E-state index contributed by atoms with van der Waals surface area (Å²) in [5.74, 6) is -1.83. The third kappa shape index (κ3) is 3.86. The molecule has 0 heterocycles. The minimum atomic E-state index is -4.85. The number of Topliss-reactive ketones (excluding diaryl/α,β-unsaturated/α-hetero) is 1. The van der Waals surface area contributed by atoms with E-state index in [4.69, 9.17) is 0 Å². The maximum absolute atomic E-state index is 11.9. The van der Waals surface area contributed by atoms with Crippen LogP contribution in [0.4, 0.5) is 18.9 Å². The van der Waals surface area contributed by atoms with Crippen molar-refractivity contribution >= 4 is 11.5 Å². The number of carbonyl (C=O) groups excluding carboxylic acids is 1. The summed E-state index contributed by atoms with van der Waals surface area (Å²) in [6.45, 7) is 0. The van der Waals surface area contributed by atoms with Crippen LogP contribution in [0.5, 0.6) is 0 Å². The van der Waals surface area contributed by atoms with E-state index in [1.54, 1.807) is 0 Å². The molecule has 0 unspecified atom stereocenters. The van der Waals surface area contributed by atoms with Gasteiger partial charge in [-0.05, 0) is 12.0 Å². The van der Waals surface area contributed by atoms with Crippen molar-refractivity contribution in [3.63, 3.8) is 0 Å². The fourth-order valence-corrected chi connectivity index (χ4v) is 1.23. The lowest BCUT2D eigenvalue weighted by molar-refractivity contribution is -0.384. The second-order valence-electron chi connectivity index (χ2n) is 3.35. The second kappa shape index (κ2) is 4.94. The topological polar surface area (TPSA) is 60.2 Å². The molecular formula is C10H8F3NO3. The number of hydrogen-bond acceptors (Lipinski definition) is 3. The molecule has 0 fully saturated rings. The van der Waals surface area contributed by atoms with Crippen LogP contribution in [0.1, 0.15) is 12.0 Å². The van der Waals surface area contributed by atoms with Gasteiger partial charge in [0, 0.05) is 18.6 Å². The molecule has 0 amide bonds. The number of nitro groups is 1. The predicted octanol–water partition coefficient (Wildman–Crippen LogP) is 2.66. The first-order chi connectivity index (χ1) is 7.80. The van der Waals surface area contributed by atoms with Crippen molar-refractivity contribution < 1.29 is 22.9 Å². The molecule has 0 saturated heterocycles. The average Bonchev–Trinajstić information content (AvgIpc) is 2.25. The molecule has 0 saturated carbocycles. The molecule has 17 heavy (non-hydrogen) atoms. The maximum Gasteiger partial charge on any atom is 0.449 e. The zero-order valence-corrected chi connectivity index (χ0v) is 8.53. The first kappa shape index (κ1) is 13.1. The SMILES string of the molecule is O=C(CCc1cccc([N+](=O)[O-])c1)C(F)(F)F. The monoisotopic (exact) mass is 247 g/mol. The van der Waals surface area contributed by atoms with Crippen molar-refractivity contribution in [3.8, 4) is 0 Å². The zero-order chi connectivity index (χ0) is 13.1. The van der Waals surface area contributed by atoms with Crippen molar-refractivity contribution in [2.75, 3.05) is 0 Å². The minimum Gasteiger partial charge on any atom is -0.290 e. The molecule has 0 aliphatic carbocycles. The fourth-order valence-electron chi connectivity index (χ4n) is 1.23. The molecule has 7 heteroatoms. The van der Waals surface area contributed by atoms with Crippen molar-refractivity contribution in [1.29, 1.82) is 0 Å². The van der Waals surface area contributed by atoms with Gasteiger partial charge in [-0.25, -0.2) is 0 Å². The second-order valence-corrected chi connectivity index (χ2v) is 3.35. The first-order valence-corrected chi connectivity index (χ1v) is 4.64. The molecule has 0 N–H and O–H groups in total. The maximum atomic E-state index is 11.9. The van der Waals surface area contributed by atoms with Crippen molar-refractivity contribution in [2.24, 2.45) is 0 Å². The van der Waals surface area contributed by atoms with Gasteiger partial charge < -0.3 is 0 Å². The molecule has 1 aromatic carbocycles. The van der Waals surface area contributed by atoms with E-state index in [9.17, 15) is 28.1 Å². The number of carbonyl (C=O) groups is 1. The molecule has 0 spiro atoms. The van der Waals surface area contributed by atoms with E-state index in [0.717, 1.165) is 6.07 Å². The highest BCUT2D eigenvalue weighted by atomic mass is 19.4. The van der Waals surface area contributed by atoms with Gasteiger partial charge in [-0.1, -0.05) is 12.1 Å². The molecular weight excluding hydrogens is 239 g/mol. The molecule has 4 nitrogen and oxygen atoms in total. The van der Waals surface area contributed by atoms with Gasteiger partial charge in [0.05, 0.1) is 4.92 Å². The third-order valence-electron chi connectivity index (χ3n) is 2.08. The minimum absolute atomic E-state index is 0.167. The number of nitro benzene ring substituents is 1. The summed E-state index contributed by atoms with van der Waals surface area (Å²) in [6, 6.07) is 5.20. The molecule has 0 aromatic heterocycles. The van der Waals surface area contributed by atoms with Gasteiger partial charge in [-0.15, -0.1) is 0 Å². The van der Waals surface area contributed by atoms with E-state index in [-0.39, 0.29) is 12.1 Å². The number of nitrogens with zero attached hydrogens (tertiary/aromatic N) is 1. The predicted molar refractivity (Wildman–Crippen MR) is 52.5 cm³/mol. The Labute approximate surface area is 94.2 Å². The van der Waals surface area contributed by atoms with Crippen LogP contribution in [-0.4, -0.2) is 16.9 Å². The van der Waals surface area contributed by atoms with Crippen LogP contribution in [0.25, 0.3) is 0 Å². The normalized spacial score (nSPS) is 11.2. The van der Waals surface area contributed by atoms with E-state index in [2.05, 4.69) is 0 Å². The van der Waals surface area contributed by atoms with Gasteiger partial charge in [-0.3, -0.25) is 14.9 Å². The molecule has 1 rings (SSSR count). The fraction of sp³-hybridized carbons (Fsp3) is 0.300. The smallest absolute Gasteiger partial charge is 0.290 e. The summed E-state index contributed by atoms with van der Waals surface area (Å²) < 4.78 is 35.7. The van der Waals surface area contributed by atoms with Crippen molar-refractivity contribution in [3.05, 3.63) is 39.9 Å². The Bertz CT molecular complexity index is 443. The average molecular weight is 247 g/mol. The zero-order valence-electron chi connectivity index (χ0n) is 8.53. The summed E-state index contributed by atoms with van der Waals surface area (Å²) in [7, 11) is 0. The quantitative estimate of drug-likeness (QED) is 0.607. The Morgan fingerprint density at radius 3 is 2.53 bits per heavy atom. The van der Waals surface area contributed by atoms with E-state index in [1.165, 1.54) is 18.2 Å². The highest BCUT2D eigenvalue weighted by Crippen LogP contribution is 2.20. The van der Waals surface area contributed by atoms with Crippen LogP contribution in [0.15, 0.2) is 24.3 Å². The van der Waals surface area contributed by atoms with Crippen LogP contribution in [0.3, 0.4) is 0 Å². The van der Waals surface area contributed by atoms with E-state index in [0.29, 0.717) is 5.56 Å². The van der Waals surface area contributed by atoms with Crippen LogP contribution in [0.2, 0.25) is 0 Å². The lowest BCUT2D eigenvalue weighted by Crippen LogP contribution is -2.22. The van der Waals surface area contributed by atoms with Gasteiger partial charge >= 0.3 is 6.18 Å². The van der Waals surface area contributed by atoms with Crippen LogP contribution < -0.4 is 0 Å². The molecule has 1 aromatic rings. The van der Waals surface area contributed by atoms with Gasteiger partial charge in [-0.2, -0.15) is 13.2 Å². The first-order valence-electron chi connectivity index (χ1n) is 4.64. The number of non-ortho nitro benzene ring substituents is 1. The molecule has 0 aliphatic rings. The standard InChI is InChI=1S/C10H8F3NO3/c11-10(12,13)9(15)5-4-7-2-1-3-8(6-7)14(16)17/h1-3,6H,4-5H2. The number of rotatable bonds is 4. The van der Waals surface area contributed by atoms with Gasteiger partial charge in [0.15, 0.2) is 0 Å². The largest absolute Gasteiger partial charge is 0.449 e. The Morgan fingerprint density at radius 1 is 1.35 bits per heavy atom. The van der Waals surface area contributed by atoms with Gasteiger partial charge in [0.25, 0.3) is 5.69 Å². The molecule has 0 atom stereocenters. The summed E-state index contributed by atoms with van der Waals surface area (Å²) in [5, 5.41) is 10.4. The van der Waals surface area contributed by atoms with Crippen molar-refractivity contribution in [1.82, 2.24) is 0 Å².